The third-order valence-corrected chi connectivity index (χ3v) is 7.57. The van der Waals surface area contributed by atoms with E-state index >= 15 is 0 Å². The van der Waals surface area contributed by atoms with Crippen molar-refractivity contribution in [3.63, 3.8) is 0 Å². The van der Waals surface area contributed by atoms with Crippen LogP contribution in [0, 0.1) is 0 Å². The van der Waals surface area contributed by atoms with Crippen LogP contribution in [0.4, 0.5) is 11.4 Å². The topological polar surface area (TPSA) is 109 Å². The predicted molar refractivity (Wildman–Crippen MR) is 192 cm³/mol. The highest BCUT2D eigenvalue weighted by atomic mass is 35.5. The summed E-state index contributed by atoms with van der Waals surface area (Å²) in [4.78, 5) is 15.6. The predicted octanol–water partition coefficient (Wildman–Crippen LogP) is 10.0. The molecule has 2 aromatic heterocycles. The van der Waals surface area contributed by atoms with Crippen LogP contribution in [0.25, 0.3) is 54.4 Å². The van der Waals surface area contributed by atoms with Crippen LogP contribution in [0.15, 0.2) is 109 Å². The van der Waals surface area contributed by atoms with E-state index in [1.807, 2.05) is 54.6 Å². The van der Waals surface area contributed by atoms with Gasteiger partial charge in [0.25, 0.3) is 0 Å². The van der Waals surface area contributed by atoms with Crippen LogP contribution in [0.3, 0.4) is 0 Å². The number of hydrogen-bond donors (Lipinski definition) is 4. The zero-order chi connectivity index (χ0) is 29.1. The molecule has 0 saturated carbocycles. The van der Waals surface area contributed by atoms with Crippen molar-refractivity contribution < 1.29 is 0 Å². The number of nitrogens with one attached hydrogen (secondary N) is 2. The van der Waals surface area contributed by atoms with E-state index in [0.29, 0.717) is 17.3 Å². The molecule has 224 valence electrons. The number of nitrogen functional groups attached to an aromatic ring is 2. The highest BCUT2D eigenvalue weighted by Gasteiger charge is 2.06. The first kappa shape index (κ1) is 31.9. The molecule has 0 atom stereocenters. The molecular formula is C37H39ClN6. The molecule has 6 aromatic carbocycles. The molecule has 8 aromatic rings. The van der Waals surface area contributed by atoms with Crippen molar-refractivity contribution in [1.29, 1.82) is 0 Å². The molecule has 0 radical (unpaired) electrons. The summed E-state index contributed by atoms with van der Waals surface area (Å²) >= 11 is 5.76. The molecule has 0 fully saturated rings. The minimum absolute atomic E-state index is 0. The van der Waals surface area contributed by atoms with Crippen LogP contribution in [-0.4, -0.2) is 19.9 Å². The number of anilines is 2. The van der Waals surface area contributed by atoms with E-state index in [2.05, 4.69) is 81.5 Å². The number of rotatable bonds is 2. The SMILES string of the molecule is C.C.CCc1nc2c(ccc3ccccc32)[nH]1.ClCc1nc2c(ccc3ccccc32)[nH]1.Nc1ccc2ccccc2c1N. The maximum absolute atomic E-state index is 5.79. The molecule has 0 unspecified atom stereocenters. The smallest absolute Gasteiger partial charge is 0.122 e. The molecule has 0 amide bonds. The van der Waals surface area contributed by atoms with Crippen molar-refractivity contribution in [2.45, 2.75) is 34.1 Å². The Labute approximate surface area is 263 Å². The van der Waals surface area contributed by atoms with Gasteiger partial charge in [0.15, 0.2) is 0 Å². The fourth-order valence-corrected chi connectivity index (χ4v) is 5.26. The van der Waals surface area contributed by atoms with Crippen molar-refractivity contribution in [2.24, 2.45) is 0 Å². The summed E-state index contributed by atoms with van der Waals surface area (Å²) in [7, 11) is 0. The van der Waals surface area contributed by atoms with E-state index in [1.54, 1.807) is 0 Å². The Morgan fingerprint density at radius 3 is 1.52 bits per heavy atom. The molecule has 8 rings (SSSR count). The number of benzene rings is 6. The highest BCUT2D eigenvalue weighted by Crippen LogP contribution is 2.26. The van der Waals surface area contributed by atoms with E-state index in [9.17, 15) is 0 Å². The minimum atomic E-state index is 0. The molecule has 0 bridgehead atoms. The number of fused-ring (bicyclic) bond motifs is 7. The Balaban J connectivity index is 0.000000148. The highest BCUT2D eigenvalue weighted by molar-refractivity contribution is 6.17. The van der Waals surface area contributed by atoms with Crippen molar-refractivity contribution in [2.75, 3.05) is 11.5 Å². The van der Waals surface area contributed by atoms with Crippen molar-refractivity contribution in [1.82, 2.24) is 19.9 Å². The maximum Gasteiger partial charge on any atom is 0.122 e. The molecule has 0 aliphatic carbocycles. The third kappa shape index (κ3) is 6.31. The van der Waals surface area contributed by atoms with Gasteiger partial charge in [-0.15, -0.1) is 11.6 Å². The zero-order valence-electron chi connectivity index (χ0n) is 23.2. The monoisotopic (exact) mass is 602 g/mol. The van der Waals surface area contributed by atoms with Crippen LogP contribution in [0.2, 0.25) is 0 Å². The van der Waals surface area contributed by atoms with Crippen LogP contribution < -0.4 is 11.5 Å². The quantitative estimate of drug-likeness (QED) is 0.116. The number of alkyl halides is 1. The summed E-state index contributed by atoms with van der Waals surface area (Å²) < 4.78 is 0. The van der Waals surface area contributed by atoms with Crippen LogP contribution in [0.1, 0.15) is 33.4 Å². The minimum Gasteiger partial charge on any atom is -0.397 e. The number of nitrogens with zero attached hydrogens (tertiary/aromatic N) is 2. The van der Waals surface area contributed by atoms with Gasteiger partial charge in [-0.1, -0.05) is 113 Å². The lowest BCUT2D eigenvalue weighted by Gasteiger charge is -2.03. The number of halogens is 1. The molecule has 6 N–H and O–H groups in total. The number of imidazole rings is 2. The summed E-state index contributed by atoms with van der Waals surface area (Å²) in [6.45, 7) is 2.11. The van der Waals surface area contributed by atoms with Gasteiger partial charge < -0.3 is 21.4 Å². The molecule has 0 saturated heterocycles. The Morgan fingerprint density at radius 1 is 0.568 bits per heavy atom. The van der Waals surface area contributed by atoms with Crippen molar-refractivity contribution >= 4 is 77.4 Å². The van der Waals surface area contributed by atoms with Gasteiger partial charge in [-0.05, 0) is 34.4 Å². The standard InChI is InChI=1S/C13H12N2.C12H9ClN2.C10H10N2.2CH4/c1-2-12-14-11-8-7-9-5-3-4-6-10(9)13(11)15-12;13-7-11-14-10-6-5-8-3-1-2-4-9(8)12(10)15-11;11-9-6-5-7-3-1-2-4-8(7)10(9)12;;/h3-8H,2H2,1H3,(H,14,15);1-6H,7H2,(H,14,15);1-6H,11-12H2;2*1H4. The van der Waals surface area contributed by atoms with Crippen molar-refractivity contribution in [3.05, 3.63) is 121 Å². The van der Waals surface area contributed by atoms with Gasteiger partial charge in [-0.25, -0.2) is 9.97 Å². The molecule has 44 heavy (non-hydrogen) atoms. The second-order valence-electron chi connectivity index (χ2n) is 10.0. The van der Waals surface area contributed by atoms with E-state index in [-0.39, 0.29) is 14.9 Å². The number of hydrogen-bond acceptors (Lipinski definition) is 4. The van der Waals surface area contributed by atoms with E-state index in [1.165, 1.54) is 21.5 Å². The fraction of sp³-hybridized carbons (Fsp3) is 0.135. The number of aryl methyl sites for hydroxylation is 1. The molecule has 0 spiro atoms. The van der Waals surface area contributed by atoms with Crippen LogP contribution in [0.5, 0.6) is 0 Å². The average molecular weight is 603 g/mol. The van der Waals surface area contributed by atoms with Gasteiger partial charge in [0.2, 0.25) is 0 Å². The first-order valence-electron chi connectivity index (χ1n) is 13.9. The maximum atomic E-state index is 5.79. The van der Waals surface area contributed by atoms with Gasteiger partial charge in [0.05, 0.1) is 39.3 Å². The lowest BCUT2D eigenvalue weighted by Crippen LogP contribution is -1.94. The molecule has 2 heterocycles. The Bertz CT molecular complexity index is 2050. The largest absolute Gasteiger partial charge is 0.397 e. The van der Waals surface area contributed by atoms with Crippen molar-refractivity contribution in [3.8, 4) is 0 Å². The molecule has 7 heteroatoms. The average Bonchev–Trinajstić information content (AvgIpc) is 3.68. The molecule has 0 aliphatic rings. The zero-order valence-corrected chi connectivity index (χ0v) is 24.0. The molecular weight excluding hydrogens is 564 g/mol. The molecule has 0 aliphatic heterocycles. The van der Waals surface area contributed by atoms with E-state index < -0.39 is 0 Å². The lowest BCUT2D eigenvalue weighted by atomic mass is 10.1. The Morgan fingerprint density at radius 2 is 1.00 bits per heavy atom. The first-order valence-corrected chi connectivity index (χ1v) is 14.4. The number of aromatic amines is 2. The normalized spacial score (nSPS) is 10.5. The summed E-state index contributed by atoms with van der Waals surface area (Å²) in [5.41, 5.74) is 17.0. The second kappa shape index (κ2) is 13.9. The summed E-state index contributed by atoms with van der Waals surface area (Å²) in [5, 5.41) is 7.01. The van der Waals surface area contributed by atoms with Gasteiger partial charge >= 0.3 is 0 Å². The molecule has 6 nitrogen and oxygen atoms in total. The van der Waals surface area contributed by atoms with Gasteiger partial charge in [0.1, 0.15) is 11.6 Å². The summed E-state index contributed by atoms with van der Waals surface area (Å²) in [6, 6.07) is 36.7. The van der Waals surface area contributed by atoms with Gasteiger partial charge in [0, 0.05) is 22.6 Å². The first-order chi connectivity index (χ1) is 20.6. The Hall–Kier alpha value is -5.07. The van der Waals surface area contributed by atoms with Crippen LogP contribution >= 0.6 is 11.6 Å². The summed E-state index contributed by atoms with van der Waals surface area (Å²) in [5.74, 6) is 2.30. The van der Waals surface area contributed by atoms with Gasteiger partial charge in [-0.2, -0.15) is 0 Å². The fourth-order valence-electron chi connectivity index (χ4n) is 5.13. The Kier molecular flexibility index (Phi) is 10.1. The third-order valence-electron chi connectivity index (χ3n) is 7.32. The number of aromatic nitrogens is 4. The van der Waals surface area contributed by atoms with E-state index in [0.717, 1.165) is 50.9 Å². The summed E-state index contributed by atoms with van der Waals surface area (Å²) in [6.07, 6.45) is 0.947. The van der Waals surface area contributed by atoms with Crippen LogP contribution in [-0.2, 0) is 12.3 Å². The lowest BCUT2D eigenvalue weighted by molar-refractivity contribution is 1.00. The number of nitrogens with two attached hydrogens (primary N) is 2. The second-order valence-corrected chi connectivity index (χ2v) is 10.3. The van der Waals surface area contributed by atoms with E-state index in [4.69, 9.17) is 23.1 Å². The van der Waals surface area contributed by atoms with Gasteiger partial charge in [-0.3, -0.25) is 0 Å². The number of H-pyrrole nitrogens is 2.